The maximum absolute atomic E-state index is 10.5. The van der Waals surface area contributed by atoms with E-state index in [1.807, 2.05) is 0 Å². The second-order valence-corrected chi connectivity index (χ2v) is 3.04. The van der Waals surface area contributed by atoms with Gasteiger partial charge in [-0.15, -0.1) is 12.4 Å². The molecule has 66 valence electrons. The Kier molecular flexibility index (Phi) is 3.29. The Hall–Kier alpha value is -0.320. The SMILES string of the molecule is CC1(O)CN[C@H](C(N)=O)C1.Cl. The van der Waals surface area contributed by atoms with E-state index < -0.39 is 11.5 Å². The highest BCUT2D eigenvalue weighted by atomic mass is 35.5. The number of carbonyl (C=O) groups is 1. The highest BCUT2D eigenvalue weighted by molar-refractivity contribution is 5.85. The lowest BCUT2D eigenvalue weighted by atomic mass is 10.0. The summed E-state index contributed by atoms with van der Waals surface area (Å²) in [6, 6.07) is -0.352. The number of β-amino-alcohol motifs (C(OH)–C–C–N with tert-alkyl or cyclic N) is 1. The summed E-state index contributed by atoms with van der Waals surface area (Å²) in [6.45, 7) is 2.13. The highest BCUT2D eigenvalue weighted by Gasteiger charge is 2.35. The molecule has 1 aliphatic heterocycles. The fourth-order valence-electron chi connectivity index (χ4n) is 1.13. The van der Waals surface area contributed by atoms with E-state index in [2.05, 4.69) is 5.32 Å². The Morgan fingerprint density at radius 3 is 2.55 bits per heavy atom. The van der Waals surface area contributed by atoms with Crippen molar-refractivity contribution >= 4 is 18.3 Å². The molecule has 1 aliphatic rings. The van der Waals surface area contributed by atoms with E-state index >= 15 is 0 Å². The number of rotatable bonds is 1. The summed E-state index contributed by atoms with van der Waals surface area (Å²) in [5.41, 5.74) is 4.24. The van der Waals surface area contributed by atoms with Gasteiger partial charge in [-0.3, -0.25) is 4.79 Å². The van der Waals surface area contributed by atoms with Gasteiger partial charge < -0.3 is 16.2 Å². The largest absolute Gasteiger partial charge is 0.389 e. The first-order valence-corrected chi connectivity index (χ1v) is 3.26. The molecule has 1 saturated heterocycles. The van der Waals surface area contributed by atoms with Gasteiger partial charge in [0.2, 0.25) is 5.91 Å². The first kappa shape index (κ1) is 10.7. The molecule has 1 amide bonds. The number of aliphatic hydroxyl groups is 1. The Bertz CT molecular complexity index is 161. The minimum Gasteiger partial charge on any atom is -0.389 e. The Balaban J connectivity index is 0.000001000. The number of amides is 1. The van der Waals surface area contributed by atoms with Crippen LogP contribution in [0.2, 0.25) is 0 Å². The lowest BCUT2D eigenvalue weighted by Crippen LogP contribution is -2.36. The number of nitrogens with two attached hydrogens (primary N) is 1. The van der Waals surface area contributed by atoms with Gasteiger partial charge >= 0.3 is 0 Å². The van der Waals surface area contributed by atoms with Gasteiger partial charge in [-0.1, -0.05) is 0 Å². The molecule has 0 bridgehead atoms. The maximum Gasteiger partial charge on any atom is 0.234 e. The van der Waals surface area contributed by atoms with E-state index in [9.17, 15) is 9.90 Å². The molecular weight excluding hydrogens is 168 g/mol. The third kappa shape index (κ3) is 2.65. The van der Waals surface area contributed by atoms with Crippen LogP contribution < -0.4 is 11.1 Å². The quantitative estimate of drug-likeness (QED) is 0.485. The predicted molar refractivity (Wildman–Crippen MR) is 43.5 cm³/mol. The van der Waals surface area contributed by atoms with Crippen LogP contribution in [0.25, 0.3) is 0 Å². The Morgan fingerprint density at radius 1 is 1.82 bits per heavy atom. The Morgan fingerprint density at radius 2 is 2.36 bits per heavy atom. The minimum atomic E-state index is -0.764. The smallest absolute Gasteiger partial charge is 0.234 e. The van der Waals surface area contributed by atoms with Gasteiger partial charge in [0.05, 0.1) is 11.6 Å². The van der Waals surface area contributed by atoms with Crippen LogP contribution in [0.4, 0.5) is 0 Å². The predicted octanol–water partition coefficient (Wildman–Crippen LogP) is -0.994. The van der Waals surface area contributed by atoms with Crippen molar-refractivity contribution in [3.05, 3.63) is 0 Å². The zero-order valence-electron chi connectivity index (χ0n) is 6.33. The highest BCUT2D eigenvalue weighted by Crippen LogP contribution is 2.17. The van der Waals surface area contributed by atoms with Gasteiger partial charge in [0.25, 0.3) is 0 Å². The summed E-state index contributed by atoms with van der Waals surface area (Å²) in [6.07, 6.45) is 0.419. The average molecular weight is 181 g/mol. The molecule has 1 unspecified atom stereocenters. The van der Waals surface area contributed by atoms with Crippen LogP contribution in [0, 0.1) is 0 Å². The van der Waals surface area contributed by atoms with Crippen molar-refractivity contribution in [2.75, 3.05) is 6.54 Å². The van der Waals surface area contributed by atoms with E-state index in [-0.39, 0.29) is 18.4 Å². The summed E-state index contributed by atoms with van der Waals surface area (Å²) in [5.74, 6) is -0.391. The van der Waals surface area contributed by atoms with Gasteiger partial charge in [-0.25, -0.2) is 0 Å². The van der Waals surface area contributed by atoms with Crippen LogP contribution >= 0.6 is 12.4 Å². The van der Waals surface area contributed by atoms with Crippen LogP contribution in [-0.2, 0) is 4.79 Å². The topological polar surface area (TPSA) is 75.3 Å². The summed E-state index contributed by atoms with van der Waals surface area (Å²) in [4.78, 5) is 10.5. The molecule has 0 aliphatic carbocycles. The fourth-order valence-corrected chi connectivity index (χ4v) is 1.13. The molecule has 0 saturated carbocycles. The van der Waals surface area contributed by atoms with Crippen molar-refractivity contribution in [3.8, 4) is 0 Å². The molecule has 0 aromatic rings. The molecule has 11 heavy (non-hydrogen) atoms. The van der Waals surface area contributed by atoms with E-state index in [0.717, 1.165) is 0 Å². The van der Waals surface area contributed by atoms with Crippen LogP contribution in [0.1, 0.15) is 13.3 Å². The molecule has 0 spiro atoms. The number of hydrogen-bond donors (Lipinski definition) is 3. The molecule has 1 rings (SSSR count). The third-order valence-electron chi connectivity index (χ3n) is 1.72. The first-order chi connectivity index (χ1) is 4.51. The molecule has 0 aromatic carbocycles. The fraction of sp³-hybridized carbons (Fsp3) is 0.833. The number of nitrogens with one attached hydrogen (secondary N) is 1. The molecular formula is C6H13ClN2O2. The van der Waals surface area contributed by atoms with Crippen LogP contribution in [-0.4, -0.2) is 29.2 Å². The number of halogens is 1. The van der Waals surface area contributed by atoms with E-state index in [4.69, 9.17) is 5.73 Å². The standard InChI is InChI=1S/C6H12N2O2.ClH/c1-6(10)2-4(5(7)9)8-3-6;/h4,8,10H,2-3H2,1H3,(H2,7,9);1H/t4-,6?;/m0./s1. The first-order valence-electron chi connectivity index (χ1n) is 3.26. The molecule has 5 heteroatoms. The summed E-state index contributed by atoms with van der Waals surface area (Å²) < 4.78 is 0. The monoisotopic (exact) mass is 180 g/mol. The molecule has 2 atom stereocenters. The summed E-state index contributed by atoms with van der Waals surface area (Å²) in [5, 5.41) is 12.2. The van der Waals surface area contributed by atoms with Crippen molar-refractivity contribution in [2.45, 2.75) is 25.0 Å². The van der Waals surface area contributed by atoms with Crippen LogP contribution in [0.15, 0.2) is 0 Å². The van der Waals surface area contributed by atoms with E-state index in [1.165, 1.54) is 0 Å². The van der Waals surface area contributed by atoms with Crippen LogP contribution in [0.3, 0.4) is 0 Å². The molecule has 4 nitrogen and oxygen atoms in total. The second kappa shape index (κ2) is 3.38. The molecule has 0 radical (unpaired) electrons. The van der Waals surface area contributed by atoms with Gasteiger partial charge in [-0.2, -0.15) is 0 Å². The van der Waals surface area contributed by atoms with Gasteiger partial charge in [0.15, 0.2) is 0 Å². The van der Waals surface area contributed by atoms with Crippen LogP contribution in [0.5, 0.6) is 0 Å². The third-order valence-corrected chi connectivity index (χ3v) is 1.72. The molecule has 1 fully saturated rings. The van der Waals surface area contributed by atoms with Crippen molar-refractivity contribution in [1.82, 2.24) is 5.32 Å². The van der Waals surface area contributed by atoms with Gasteiger partial charge in [-0.05, 0) is 6.92 Å². The maximum atomic E-state index is 10.5. The van der Waals surface area contributed by atoms with Crippen molar-refractivity contribution in [2.24, 2.45) is 5.73 Å². The Labute approximate surface area is 71.6 Å². The van der Waals surface area contributed by atoms with Crippen molar-refractivity contribution < 1.29 is 9.90 Å². The van der Waals surface area contributed by atoms with Crippen molar-refractivity contribution in [1.29, 1.82) is 0 Å². The summed E-state index contributed by atoms with van der Waals surface area (Å²) in [7, 11) is 0. The van der Waals surface area contributed by atoms with E-state index in [0.29, 0.717) is 13.0 Å². The molecule has 0 aromatic heterocycles. The minimum absolute atomic E-state index is 0. The second-order valence-electron chi connectivity index (χ2n) is 3.04. The number of hydrogen-bond acceptors (Lipinski definition) is 3. The number of carbonyl (C=O) groups excluding carboxylic acids is 1. The normalized spacial score (nSPS) is 36.4. The molecule has 4 N–H and O–H groups in total. The average Bonchev–Trinajstić information content (AvgIpc) is 2.10. The summed E-state index contributed by atoms with van der Waals surface area (Å²) >= 11 is 0. The lowest BCUT2D eigenvalue weighted by molar-refractivity contribution is -0.120. The zero-order chi connectivity index (χ0) is 7.78. The van der Waals surface area contributed by atoms with E-state index in [1.54, 1.807) is 6.92 Å². The number of primary amides is 1. The van der Waals surface area contributed by atoms with Gasteiger partial charge in [0, 0.05) is 13.0 Å². The molecule has 1 heterocycles. The lowest BCUT2D eigenvalue weighted by Gasteiger charge is -2.12. The zero-order valence-corrected chi connectivity index (χ0v) is 7.15. The van der Waals surface area contributed by atoms with Crippen molar-refractivity contribution in [3.63, 3.8) is 0 Å². The van der Waals surface area contributed by atoms with Gasteiger partial charge in [0.1, 0.15) is 0 Å².